The Labute approximate surface area is 179 Å². The van der Waals surface area contributed by atoms with E-state index in [-0.39, 0.29) is 29.2 Å². The number of nitrogens with zero attached hydrogens (tertiary/aromatic N) is 1. The topological polar surface area (TPSA) is 116 Å². The Balaban J connectivity index is 1.72. The monoisotopic (exact) mass is 457 g/mol. The first-order chi connectivity index (χ1) is 13.9. The van der Waals surface area contributed by atoms with Crippen molar-refractivity contribution < 1.29 is 36.5 Å². The standard InChI is InChI=1S/C19H23NO8S2/c1-11-6-5-7-14(8-11)30(24,25)28-13(3)27-18(23)17-19(4,10-26-12(2)21)29-16-9-15(22)20(16)17/h5-8,13,16-17H,9-10H2,1-4H3/t13?,16-,17+,19+/m1/s1. The van der Waals surface area contributed by atoms with Crippen LogP contribution in [0.25, 0.3) is 0 Å². The van der Waals surface area contributed by atoms with Gasteiger partial charge in [0.1, 0.15) is 12.6 Å². The van der Waals surface area contributed by atoms with Crippen LogP contribution < -0.4 is 0 Å². The largest absolute Gasteiger partial charge is 0.464 e. The SMILES string of the molecule is CC(=O)OC[C@]1(C)S[C@@H]2CC(=O)N2[C@H]1C(=O)OC(C)OS(=O)(=O)c1cccc(C)c1. The Bertz CT molecular complexity index is 979. The number of benzene rings is 1. The van der Waals surface area contributed by atoms with Crippen molar-refractivity contribution in [2.75, 3.05) is 6.61 Å². The van der Waals surface area contributed by atoms with Gasteiger partial charge in [-0.05, 0) is 38.5 Å². The zero-order valence-electron chi connectivity index (χ0n) is 17.0. The van der Waals surface area contributed by atoms with Crippen molar-refractivity contribution in [3.63, 3.8) is 0 Å². The molecule has 1 unspecified atom stereocenters. The molecule has 30 heavy (non-hydrogen) atoms. The van der Waals surface area contributed by atoms with E-state index >= 15 is 0 Å². The third kappa shape index (κ3) is 4.47. The van der Waals surface area contributed by atoms with E-state index in [2.05, 4.69) is 0 Å². The van der Waals surface area contributed by atoms with E-state index in [1.807, 2.05) is 0 Å². The van der Waals surface area contributed by atoms with Crippen LogP contribution in [0.15, 0.2) is 29.2 Å². The second-order valence-corrected chi connectivity index (χ2v) is 10.7. The van der Waals surface area contributed by atoms with E-state index in [4.69, 9.17) is 13.7 Å². The highest BCUT2D eigenvalue weighted by Crippen LogP contribution is 2.51. The number of rotatable bonds is 7. The number of β-lactam (4-membered cyclic amide) rings is 1. The molecule has 164 valence electrons. The van der Waals surface area contributed by atoms with Crippen molar-refractivity contribution in [2.24, 2.45) is 0 Å². The number of hydrogen-bond acceptors (Lipinski definition) is 9. The van der Waals surface area contributed by atoms with Gasteiger partial charge in [0.25, 0.3) is 10.1 Å². The predicted molar refractivity (Wildman–Crippen MR) is 107 cm³/mol. The normalized spacial score (nSPS) is 26.5. The van der Waals surface area contributed by atoms with Crippen LogP contribution in [0.2, 0.25) is 0 Å². The summed E-state index contributed by atoms with van der Waals surface area (Å²) in [5.41, 5.74) is 0.732. The van der Waals surface area contributed by atoms with Crippen LogP contribution in [0.5, 0.6) is 0 Å². The second-order valence-electron chi connectivity index (χ2n) is 7.44. The number of esters is 2. The van der Waals surface area contributed by atoms with E-state index in [0.29, 0.717) is 0 Å². The van der Waals surface area contributed by atoms with Crippen LogP contribution in [0.3, 0.4) is 0 Å². The van der Waals surface area contributed by atoms with E-state index in [9.17, 15) is 22.8 Å². The quantitative estimate of drug-likeness (QED) is 0.260. The molecule has 2 aliphatic rings. The summed E-state index contributed by atoms with van der Waals surface area (Å²) in [5.74, 6) is -1.55. The molecule has 2 saturated heterocycles. The zero-order valence-corrected chi connectivity index (χ0v) is 18.6. The number of hydrogen-bond donors (Lipinski definition) is 0. The molecule has 2 heterocycles. The lowest BCUT2D eigenvalue weighted by Crippen LogP contribution is -2.59. The Morgan fingerprint density at radius 1 is 1.37 bits per heavy atom. The summed E-state index contributed by atoms with van der Waals surface area (Å²) in [4.78, 5) is 37.5. The lowest BCUT2D eigenvalue weighted by molar-refractivity contribution is -0.175. The lowest BCUT2D eigenvalue weighted by atomic mass is 9.97. The minimum absolute atomic E-state index is 0.0560. The highest BCUT2D eigenvalue weighted by molar-refractivity contribution is 8.01. The third-order valence-corrected chi connectivity index (χ3v) is 7.72. The minimum Gasteiger partial charge on any atom is -0.464 e. The molecule has 0 radical (unpaired) electrons. The number of amides is 1. The fourth-order valence-electron chi connectivity index (χ4n) is 3.45. The van der Waals surface area contributed by atoms with Crippen molar-refractivity contribution in [2.45, 2.75) is 61.5 Å². The van der Waals surface area contributed by atoms with Crippen LogP contribution in [0.1, 0.15) is 32.8 Å². The smallest absolute Gasteiger partial charge is 0.332 e. The van der Waals surface area contributed by atoms with E-state index < -0.39 is 39.1 Å². The number of ether oxygens (including phenoxy) is 2. The molecule has 11 heteroatoms. The molecule has 0 bridgehead atoms. The van der Waals surface area contributed by atoms with Gasteiger partial charge >= 0.3 is 11.9 Å². The zero-order chi connectivity index (χ0) is 22.3. The Morgan fingerprint density at radius 3 is 2.67 bits per heavy atom. The first kappa shape index (κ1) is 22.6. The summed E-state index contributed by atoms with van der Waals surface area (Å²) in [6.45, 7) is 5.89. The number of carbonyl (C=O) groups excluding carboxylic acids is 3. The summed E-state index contributed by atoms with van der Waals surface area (Å²) < 4.78 is 39.3. The van der Waals surface area contributed by atoms with Gasteiger partial charge in [0.15, 0.2) is 0 Å². The van der Waals surface area contributed by atoms with E-state index in [1.54, 1.807) is 26.0 Å². The summed E-state index contributed by atoms with van der Waals surface area (Å²) in [7, 11) is -4.15. The van der Waals surface area contributed by atoms with Crippen LogP contribution in [0, 0.1) is 6.92 Å². The third-order valence-electron chi connectivity index (χ3n) is 4.82. The van der Waals surface area contributed by atoms with E-state index in [0.717, 1.165) is 5.56 Å². The number of carbonyl (C=O) groups is 3. The maximum atomic E-state index is 12.9. The lowest BCUT2D eigenvalue weighted by Gasteiger charge is -2.37. The maximum Gasteiger partial charge on any atom is 0.332 e. The molecular formula is C19H23NO8S2. The van der Waals surface area contributed by atoms with Gasteiger partial charge in [-0.25, -0.2) is 8.98 Å². The van der Waals surface area contributed by atoms with Crippen LogP contribution >= 0.6 is 11.8 Å². The molecular weight excluding hydrogens is 434 g/mol. The molecule has 1 aromatic rings. The number of aryl methyl sites for hydroxylation is 1. The van der Waals surface area contributed by atoms with Gasteiger partial charge in [0.05, 0.1) is 21.4 Å². The van der Waals surface area contributed by atoms with Gasteiger partial charge in [0, 0.05) is 6.92 Å². The first-order valence-corrected chi connectivity index (χ1v) is 11.5. The molecule has 0 aromatic heterocycles. The van der Waals surface area contributed by atoms with Crippen LogP contribution in [0.4, 0.5) is 0 Å². The van der Waals surface area contributed by atoms with Crippen LogP contribution in [-0.2, 0) is 38.2 Å². The van der Waals surface area contributed by atoms with Crippen molar-refractivity contribution in [3.05, 3.63) is 29.8 Å². The average molecular weight is 458 g/mol. The van der Waals surface area contributed by atoms with Crippen molar-refractivity contribution >= 4 is 39.7 Å². The molecule has 2 aliphatic heterocycles. The van der Waals surface area contributed by atoms with Gasteiger partial charge in [-0.2, -0.15) is 8.42 Å². The molecule has 9 nitrogen and oxygen atoms in total. The molecule has 4 atom stereocenters. The molecule has 0 aliphatic carbocycles. The Hall–Kier alpha value is -2.11. The first-order valence-electron chi connectivity index (χ1n) is 9.26. The van der Waals surface area contributed by atoms with Gasteiger partial charge in [-0.15, -0.1) is 11.8 Å². The van der Waals surface area contributed by atoms with Crippen molar-refractivity contribution in [1.82, 2.24) is 4.90 Å². The molecule has 3 rings (SSSR count). The second kappa shape index (κ2) is 8.20. The summed E-state index contributed by atoms with van der Waals surface area (Å²) >= 11 is 1.35. The predicted octanol–water partition coefficient (Wildman–Crippen LogP) is 1.59. The van der Waals surface area contributed by atoms with Gasteiger partial charge < -0.3 is 14.4 Å². The van der Waals surface area contributed by atoms with E-state index in [1.165, 1.54) is 42.6 Å². The maximum absolute atomic E-state index is 12.9. The summed E-state index contributed by atoms with van der Waals surface area (Å²) in [5, 5.41) is -0.220. The number of fused-ring (bicyclic) bond motifs is 1. The molecule has 0 saturated carbocycles. The Morgan fingerprint density at radius 2 is 2.07 bits per heavy atom. The average Bonchev–Trinajstić information content (AvgIpc) is 2.87. The molecule has 1 aromatic carbocycles. The fraction of sp³-hybridized carbons (Fsp3) is 0.526. The van der Waals surface area contributed by atoms with Crippen LogP contribution in [-0.4, -0.2) is 60.2 Å². The summed E-state index contributed by atoms with van der Waals surface area (Å²) in [6, 6.07) is 5.11. The number of thioether (sulfide) groups is 1. The van der Waals surface area contributed by atoms with Gasteiger partial charge in [0.2, 0.25) is 12.2 Å². The summed E-state index contributed by atoms with van der Waals surface area (Å²) in [6.07, 6.45) is -1.14. The molecule has 2 fully saturated rings. The van der Waals surface area contributed by atoms with Gasteiger partial charge in [-0.1, -0.05) is 12.1 Å². The molecule has 0 spiro atoms. The highest BCUT2D eigenvalue weighted by Gasteiger charge is 2.61. The minimum atomic E-state index is -4.15. The highest BCUT2D eigenvalue weighted by atomic mass is 32.2. The van der Waals surface area contributed by atoms with Crippen molar-refractivity contribution in [1.29, 1.82) is 0 Å². The molecule has 0 N–H and O–H groups in total. The Kier molecular flexibility index (Phi) is 6.17. The van der Waals surface area contributed by atoms with Gasteiger partial charge in [-0.3, -0.25) is 9.59 Å². The fourth-order valence-corrected chi connectivity index (χ4v) is 6.20. The van der Waals surface area contributed by atoms with Crippen molar-refractivity contribution in [3.8, 4) is 0 Å². The molecule has 1 amide bonds.